The van der Waals surface area contributed by atoms with Crippen molar-refractivity contribution in [3.05, 3.63) is 53.6 Å². The molecule has 4 nitrogen and oxygen atoms in total. The second kappa shape index (κ2) is 5.36. The summed E-state index contributed by atoms with van der Waals surface area (Å²) in [6.45, 7) is 1.42. The van der Waals surface area contributed by atoms with Crippen molar-refractivity contribution in [1.82, 2.24) is 15.3 Å². The van der Waals surface area contributed by atoms with Crippen molar-refractivity contribution >= 4 is 0 Å². The van der Waals surface area contributed by atoms with E-state index in [-0.39, 0.29) is 5.92 Å². The van der Waals surface area contributed by atoms with Crippen LogP contribution in [0.4, 0.5) is 0 Å². The molecule has 4 heteroatoms. The molecule has 0 amide bonds. The number of aromatic nitrogens is 2. The topological polar surface area (TPSA) is 47.0 Å². The molecule has 3 rings (SSSR count). The van der Waals surface area contributed by atoms with Crippen LogP contribution in [0.5, 0.6) is 5.75 Å². The van der Waals surface area contributed by atoms with Gasteiger partial charge in [0.1, 0.15) is 11.6 Å². The van der Waals surface area contributed by atoms with Gasteiger partial charge < -0.3 is 10.1 Å². The van der Waals surface area contributed by atoms with E-state index in [2.05, 4.69) is 21.4 Å². The predicted molar refractivity (Wildman–Crippen MR) is 73.2 cm³/mol. The molecule has 0 saturated heterocycles. The number of rotatable bonds is 3. The highest BCUT2D eigenvalue weighted by Gasteiger charge is 2.23. The maximum absolute atomic E-state index is 5.79. The summed E-state index contributed by atoms with van der Waals surface area (Å²) < 4.78 is 5.79. The molecule has 0 spiro atoms. The highest BCUT2D eigenvalue weighted by Crippen LogP contribution is 2.30. The number of nitrogens with zero attached hydrogens (tertiary/aromatic N) is 2. The molecule has 1 atom stereocenters. The number of hydrogen-bond acceptors (Lipinski definition) is 4. The van der Waals surface area contributed by atoms with E-state index in [0.717, 1.165) is 30.2 Å². The number of benzene rings is 1. The normalized spacial score (nSPS) is 17.6. The van der Waals surface area contributed by atoms with Gasteiger partial charge >= 0.3 is 0 Å². The van der Waals surface area contributed by atoms with Gasteiger partial charge in [-0.15, -0.1) is 0 Å². The molecule has 1 aliphatic rings. The zero-order valence-electron chi connectivity index (χ0n) is 11.0. The number of para-hydroxylation sites is 1. The summed E-state index contributed by atoms with van der Waals surface area (Å²) in [7, 11) is 1.92. The smallest absolute Gasteiger partial charge is 0.135 e. The number of fused-ring (bicyclic) bond motifs is 1. The largest absolute Gasteiger partial charge is 0.493 e. The molecule has 0 radical (unpaired) electrons. The van der Waals surface area contributed by atoms with Crippen molar-refractivity contribution in [2.45, 2.75) is 18.9 Å². The minimum absolute atomic E-state index is 0.242. The quantitative estimate of drug-likeness (QED) is 0.910. The second-order valence-electron chi connectivity index (χ2n) is 4.76. The van der Waals surface area contributed by atoms with Crippen LogP contribution in [0.15, 0.2) is 36.5 Å². The summed E-state index contributed by atoms with van der Waals surface area (Å²) in [4.78, 5) is 9.00. The Morgan fingerprint density at radius 1 is 1.32 bits per heavy atom. The summed E-state index contributed by atoms with van der Waals surface area (Å²) in [6, 6.07) is 10.1. The maximum atomic E-state index is 5.79. The van der Waals surface area contributed by atoms with E-state index in [1.807, 2.05) is 37.5 Å². The highest BCUT2D eigenvalue weighted by atomic mass is 16.5. The van der Waals surface area contributed by atoms with Crippen LogP contribution in [-0.2, 0) is 13.0 Å². The summed E-state index contributed by atoms with van der Waals surface area (Å²) in [5, 5.41) is 3.11. The fourth-order valence-electron chi connectivity index (χ4n) is 2.38. The summed E-state index contributed by atoms with van der Waals surface area (Å²) >= 11 is 0. The fraction of sp³-hybridized carbons (Fsp3) is 0.333. The van der Waals surface area contributed by atoms with E-state index < -0.39 is 0 Å². The van der Waals surface area contributed by atoms with E-state index in [4.69, 9.17) is 4.74 Å². The van der Waals surface area contributed by atoms with Gasteiger partial charge in [0.05, 0.1) is 18.2 Å². The Morgan fingerprint density at radius 2 is 2.21 bits per heavy atom. The minimum Gasteiger partial charge on any atom is -0.493 e. The zero-order chi connectivity index (χ0) is 13.1. The molecule has 98 valence electrons. The van der Waals surface area contributed by atoms with Crippen LogP contribution < -0.4 is 10.1 Å². The second-order valence-corrected chi connectivity index (χ2v) is 4.76. The third-order valence-corrected chi connectivity index (χ3v) is 3.33. The maximum Gasteiger partial charge on any atom is 0.135 e. The van der Waals surface area contributed by atoms with Crippen LogP contribution in [0.2, 0.25) is 0 Å². The number of hydrogen-bond donors (Lipinski definition) is 1. The van der Waals surface area contributed by atoms with Crippen LogP contribution >= 0.6 is 0 Å². The van der Waals surface area contributed by atoms with E-state index in [1.165, 1.54) is 5.56 Å². The lowest BCUT2D eigenvalue weighted by Crippen LogP contribution is -2.22. The van der Waals surface area contributed by atoms with Gasteiger partial charge in [-0.05, 0) is 31.2 Å². The van der Waals surface area contributed by atoms with Gasteiger partial charge in [0.2, 0.25) is 0 Å². The van der Waals surface area contributed by atoms with Crippen molar-refractivity contribution in [2.75, 3.05) is 13.7 Å². The molecule has 1 aliphatic heterocycles. The van der Waals surface area contributed by atoms with Crippen LogP contribution in [0.1, 0.15) is 23.0 Å². The van der Waals surface area contributed by atoms with Crippen molar-refractivity contribution in [2.24, 2.45) is 0 Å². The van der Waals surface area contributed by atoms with E-state index in [0.29, 0.717) is 6.61 Å². The van der Waals surface area contributed by atoms with Gasteiger partial charge in [-0.1, -0.05) is 18.2 Å². The van der Waals surface area contributed by atoms with Gasteiger partial charge in [0.15, 0.2) is 0 Å². The Hall–Kier alpha value is -1.94. The predicted octanol–water partition coefficient (Wildman–Crippen LogP) is 1.91. The van der Waals surface area contributed by atoms with Crippen LogP contribution in [0.25, 0.3) is 0 Å². The molecule has 1 unspecified atom stereocenters. The monoisotopic (exact) mass is 255 g/mol. The molecule has 0 aliphatic carbocycles. The van der Waals surface area contributed by atoms with Gasteiger partial charge in [-0.3, -0.25) is 0 Å². The first kappa shape index (κ1) is 12.1. The lowest BCUT2D eigenvalue weighted by Gasteiger charge is -2.24. The minimum atomic E-state index is 0.242. The molecule has 0 saturated carbocycles. The molecular formula is C15H17N3O. The number of nitrogens with one attached hydrogen (secondary N) is 1. The van der Waals surface area contributed by atoms with Crippen molar-refractivity contribution < 1.29 is 4.74 Å². The van der Waals surface area contributed by atoms with E-state index in [9.17, 15) is 0 Å². The standard InChI is InChI=1S/C15H17N3O/c1-16-9-13-6-7-17-15(18-13)12-8-11-4-2-3-5-14(11)19-10-12/h2-7,12,16H,8-10H2,1H3. The Balaban J connectivity index is 1.82. The van der Waals surface area contributed by atoms with Gasteiger partial charge in [-0.25, -0.2) is 9.97 Å². The summed E-state index contributed by atoms with van der Waals surface area (Å²) in [5.41, 5.74) is 2.26. The Bertz CT molecular complexity index is 571. The molecule has 2 aromatic rings. The third-order valence-electron chi connectivity index (χ3n) is 3.33. The van der Waals surface area contributed by atoms with Gasteiger partial charge in [0.25, 0.3) is 0 Å². The Kier molecular flexibility index (Phi) is 3.42. The zero-order valence-corrected chi connectivity index (χ0v) is 11.0. The first-order valence-electron chi connectivity index (χ1n) is 6.54. The molecule has 1 aromatic carbocycles. The van der Waals surface area contributed by atoms with Crippen LogP contribution in [-0.4, -0.2) is 23.6 Å². The van der Waals surface area contributed by atoms with Gasteiger partial charge in [0, 0.05) is 12.7 Å². The summed E-state index contributed by atoms with van der Waals surface area (Å²) in [5.74, 6) is 2.11. The van der Waals surface area contributed by atoms with Crippen molar-refractivity contribution in [3.63, 3.8) is 0 Å². The first-order chi connectivity index (χ1) is 9.36. The first-order valence-corrected chi connectivity index (χ1v) is 6.54. The molecular weight excluding hydrogens is 238 g/mol. The van der Waals surface area contributed by atoms with Crippen molar-refractivity contribution in [1.29, 1.82) is 0 Å². The van der Waals surface area contributed by atoms with E-state index >= 15 is 0 Å². The molecule has 2 heterocycles. The summed E-state index contributed by atoms with van der Waals surface area (Å²) in [6.07, 6.45) is 2.77. The Morgan fingerprint density at radius 3 is 3.11 bits per heavy atom. The highest BCUT2D eigenvalue weighted by molar-refractivity contribution is 5.36. The molecule has 1 N–H and O–H groups in total. The molecule has 0 fully saturated rings. The fourth-order valence-corrected chi connectivity index (χ4v) is 2.38. The Labute approximate surface area is 112 Å². The van der Waals surface area contributed by atoms with Gasteiger partial charge in [-0.2, -0.15) is 0 Å². The van der Waals surface area contributed by atoms with E-state index in [1.54, 1.807) is 0 Å². The molecule has 0 bridgehead atoms. The lowest BCUT2D eigenvalue weighted by molar-refractivity contribution is 0.257. The number of ether oxygens (including phenoxy) is 1. The lowest BCUT2D eigenvalue weighted by atomic mass is 9.96. The molecule has 19 heavy (non-hydrogen) atoms. The van der Waals surface area contributed by atoms with Crippen LogP contribution in [0.3, 0.4) is 0 Å². The van der Waals surface area contributed by atoms with Crippen LogP contribution in [0, 0.1) is 0 Å². The third kappa shape index (κ3) is 2.58. The molecule has 1 aromatic heterocycles. The van der Waals surface area contributed by atoms with Crippen molar-refractivity contribution in [3.8, 4) is 5.75 Å². The SMILES string of the molecule is CNCc1ccnc(C2COc3ccccc3C2)n1. The average Bonchev–Trinajstić information content (AvgIpc) is 2.47. The average molecular weight is 255 g/mol.